The molecule has 0 bridgehead atoms. The van der Waals surface area contributed by atoms with E-state index in [-0.39, 0.29) is 36.9 Å². The molecule has 0 fully saturated rings. The Morgan fingerprint density at radius 2 is 1.47 bits per heavy atom. The molecule has 2 aromatic rings. The molecule has 0 heterocycles. The molecule has 0 saturated heterocycles. The predicted octanol–water partition coefficient (Wildman–Crippen LogP) is 5.04. The summed E-state index contributed by atoms with van der Waals surface area (Å²) in [6.07, 6.45) is 1.54. The summed E-state index contributed by atoms with van der Waals surface area (Å²) in [6, 6.07) is 17.1. The maximum atomic E-state index is 12.5. The topological polar surface area (TPSA) is 89.9 Å². The van der Waals surface area contributed by atoms with Crippen LogP contribution in [0.4, 0.5) is 0 Å². The Balaban J connectivity index is 0.000000554. The minimum atomic E-state index is -0.421. The summed E-state index contributed by atoms with van der Waals surface area (Å²) in [5, 5.41) is 8.38. The highest BCUT2D eigenvalue weighted by molar-refractivity contribution is 6.08. The minimum Gasteiger partial charge on any atom is -0.463 e. The minimum absolute atomic E-state index is 0.0351. The van der Waals surface area contributed by atoms with Crippen molar-refractivity contribution in [1.29, 1.82) is 0 Å². The van der Waals surface area contributed by atoms with Crippen LogP contribution in [0.5, 0.6) is 0 Å². The van der Waals surface area contributed by atoms with E-state index >= 15 is 0 Å². The maximum absolute atomic E-state index is 12.5. The zero-order valence-corrected chi connectivity index (χ0v) is 24.2. The van der Waals surface area contributed by atoms with Gasteiger partial charge in [-0.05, 0) is 26.7 Å². The number of aliphatic hydroxyl groups is 1. The summed E-state index contributed by atoms with van der Waals surface area (Å²) < 4.78 is 10.8. The van der Waals surface area contributed by atoms with Crippen LogP contribution in [0.25, 0.3) is 0 Å². The molecule has 38 heavy (non-hydrogen) atoms. The number of likely N-dealkylation sites (N-methyl/N-ethyl adjacent to an activating group) is 1. The van der Waals surface area contributed by atoms with E-state index in [9.17, 15) is 14.4 Å². The van der Waals surface area contributed by atoms with E-state index in [1.54, 1.807) is 0 Å². The average molecular weight is 529 g/mol. The number of carbonyl (C=O) groups excluding carboxylic acids is 3. The van der Waals surface area contributed by atoms with E-state index in [1.165, 1.54) is 0 Å². The highest BCUT2D eigenvalue weighted by Gasteiger charge is 2.26. The van der Waals surface area contributed by atoms with E-state index in [0.717, 1.165) is 31.5 Å². The van der Waals surface area contributed by atoms with Crippen LogP contribution in [0.1, 0.15) is 68.9 Å². The van der Waals surface area contributed by atoms with Crippen LogP contribution >= 0.6 is 0 Å². The van der Waals surface area contributed by atoms with Gasteiger partial charge in [0.25, 0.3) is 0 Å². The van der Waals surface area contributed by atoms with Crippen LogP contribution in [0, 0.1) is 11.3 Å². The first-order valence-electron chi connectivity index (χ1n) is 13.3. The second-order valence-corrected chi connectivity index (χ2v) is 10.8. The van der Waals surface area contributed by atoms with Crippen molar-refractivity contribution in [3.05, 3.63) is 71.3 Å². The molecule has 2 rings (SSSR count). The number of carbonyl (C=O) groups is 3. The third-order valence-electron chi connectivity index (χ3n) is 6.58. The lowest BCUT2D eigenvalue weighted by atomic mass is 9.91. The highest BCUT2D eigenvalue weighted by Crippen LogP contribution is 2.21. The van der Waals surface area contributed by atoms with Gasteiger partial charge in [-0.1, -0.05) is 75.4 Å². The van der Waals surface area contributed by atoms with Gasteiger partial charge in [-0.15, -0.1) is 0 Å². The SMILES string of the molecule is CCC(C)(C)C(=O)OCCO.CCC(C)C(=O)OCC[N+](C)(C)Cc1ccc(C(=O)c2ccccc2)cc1. The number of quaternary nitrogens is 1. The molecule has 0 aliphatic carbocycles. The molecule has 2 aromatic carbocycles. The van der Waals surface area contributed by atoms with Crippen molar-refractivity contribution in [2.75, 3.05) is 40.5 Å². The second kappa shape index (κ2) is 16.0. The summed E-state index contributed by atoms with van der Waals surface area (Å²) in [5.74, 6) is -0.376. The van der Waals surface area contributed by atoms with Gasteiger partial charge in [-0.3, -0.25) is 14.4 Å². The largest absolute Gasteiger partial charge is 0.463 e. The molecule has 0 amide bonds. The van der Waals surface area contributed by atoms with Crippen molar-refractivity contribution in [2.45, 2.75) is 54.0 Å². The van der Waals surface area contributed by atoms with Crippen molar-refractivity contribution in [1.82, 2.24) is 0 Å². The van der Waals surface area contributed by atoms with Gasteiger partial charge in [0.15, 0.2) is 5.78 Å². The summed E-state index contributed by atoms with van der Waals surface area (Å²) in [5.41, 5.74) is 2.12. The number of ether oxygens (including phenoxy) is 2. The Morgan fingerprint density at radius 3 is 2.00 bits per heavy atom. The standard InChI is InChI=1S/C23H30NO3.C8H16O3/c1-5-18(2)23(26)27-16-15-24(3,4)17-19-11-13-21(14-12-19)22(25)20-9-7-6-8-10-20;1-4-8(2,3)7(10)11-6-5-9/h6-14,18H,5,15-17H2,1-4H3;9H,4-6H2,1-3H3/q+1;. The molecule has 0 saturated carbocycles. The number of aliphatic hydroxyl groups excluding tert-OH is 1. The molecule has 7 nitrogen and oxygen atoms in total. The van der Waals surface area contributed by atoms with Gasteiger partial charge in [0, 0.05) is 16.7 Å². The number of rotatable bonds is 13. The lowest BCUT2D eigenvalue weighted by Crippen LogP contribution is -2.42. The lowest BCUT2D eigenvalue weighted by Gasteiger charge is -2.29. The molecular formula is C31H46NO6+. The molecule has 0 aliphatic heterocycles. The molecular weight excluding hydrogens is 482 g/mol. The van der Waals surface area contributed by atoms with Gasteiger partial charge in [0.1, 0.15) is 26.3 Å². The van der Waals surface area contributed by atoms with Gasteiger partial charge in [-0.25, -0.2) is 0 Å². The molecule has 0 radical (unpaired) electrons. The normalized spacial score (nSPS) is 12.1. The number of esters is 2. The third kappa shape index (κ3) is 11.6. The van der Waals surface area contributed by atoms with Gasteiger partial charge in [0.05, 0.1) is 32.0 Å². The van der Waals surface area contributed by atoms with Crippen molar-refractivity contribution in [3.8, 4) is 0 Å². The van der Waals surface area contributed by atoms with E-state index in [0.29, 0.717) is 22.2 Å². The Bertz CT molecular complexity index is 999. The van der Waals surface area contributed by atoms with E-state index in [1.807, 2.05) is 89.2 Å². The van der Waals surface area contributed by atoms with Crippen molar-refractivity contribution in [2.24, 2.45) is 11.3 Å². The van der Waals surface area contributed by atoms with Crippen LogP contribution in [-0.4, -0.2) is 67.8 Å². The fraction of sp³-hybridized carbons (Fsp3) is 0.516. The molecule has 0 aliphatic rings. The Morgan fingerprint density at radius 1 is 0.895 bits per heavy atom. The average Bonchev–Trinajstić information content (AvgIpc) is 2.91. The lowest BCUT2D eigenvalue weighted by molar-refractivity contribution is -0.903. The predicted molar refractivity (Wildman–Crippen MR) is 150 cm³/mol. The van der Waals surface area contributed by atoms with Crippen LogP contribution < -0.4 is 0 Å². The highest BCUT2D eigenvalue weighted by atomic mass is 16.5. The zero-order chi connectivity index (χ0) is 28.8. The summed E-state index contributed by atoms with van der Waals surface area (Å²) in [6.45, 7) is 11.4. The quantitative estimate of drug-likeness (QED) is 0.223. The zero-order valence-electron chi connectivity index (χ0n) is 24.2. The van der Waals surface area contributed by atoms with Crippen LogP contribution in [0.15, 0.2) is 54.6 Å². The number of hydrogen-bond acceptors (Lipinski definition) is 6. The first-order chi connectivity index (χ1) is 17.9. The Hall–Kier alpha value is -3.03. The van der Waals surface area contributed by atoms with Gasteiger partial charge in [0.2, 0.25) is 0 Å². The Labute approximate surface area is 228 Å². The fourth-order valence-corrected chi connectivity index (χ4v) is 3.27. The molecule has 1 atom stereocenters. The van der Waals surface area contributed by atoms with E-state index < -0.39 is 5.41 Å². The summed E-state index contributed by atoms with van der Waals surface area (Å²) in [7, 11) is 4.22. The first-order valence-corrected chi connectivity index (χ1v) is 13.3. The Kier molecular flexibility index (Phi) is 13.9. The molecule has 1 N–H and O–H groups in total. The van der Waals surface area contributed by atoms with E-state index in [4.69, 9.17) is 14.6 Å². The van der Waals surface area contributed by atoms with Crippen molar-refractivity contribution in [3.63, 3.8) is 0 Å². The van der Waals surface area contributed by atoms with Crippen LogP contribution in [0.2, 0.25) is 0 Å². The number of benzene rings is 2. The van der Waals surface area contributed by atoms with E-state index in [2.05, 4.69) is 14.1 Å². The first kappa shape index (κ1) is 33.0. The van der Waals surface area contributed by atoms with Gasteiger partial charge >= 0.3 is 11.9 Å². The second-order valence-electron chi connectivity index (χ2n) is 10.8. The molecule has 0 aromatic heterocycles. The molecule has 210 valence electrons. The van der Waals surface area contributed by atoms with Crippen LogP contribution in [0.3, 0.4) is 0 Å². The maximum Gasteiger partial charge on any atom is 0.311 e. The number of nitrogens with zero attached hydrogens (tertiary/aromatic N) is 1. The number of ketones is 1. The third-order valence-corrected chi connectivity index (χ3v) is 6.58. The van der Waals surface area contributed by atoms with Crippen molar-refractivity contribution < 1.29 is 33.4 Å². The molecule has 1 unspecified atom stereocenters. The molecule has 7 heteroatoms. The van der Waals surface area contributed by atoms with Gasteiger partial charge < -0.3 is 19.1 Å². The summed E-state index contributed by atoms with van der Waals surface area (Å²) >= 11 is 0. The smallest absolute Gasteiger partial charge is 0.311 e. The summed E-state index contributed by atoms with van der Waals surface area (Å²) in [4.78, 5) is 35.4. The fourth-order valence-electron chi connectivity index (χ4n) is 3.27. The van der Waals surface area contributed by atoms with Crippen molar-refractivity contribution >= 4 is 17.7 Å². The molecule has 0 spiro atoms. The number of hydrogen-bond donors (Lipinski definition) is 1. The van der Waals surface area contributed by atoms with Crippen LogP contribution in [-0.2, 0) is 25.6 Å². The monoisotopic (exact) mass is 528 g/mol. The van der Waals surface area contributed by atoms with Gasteiger partial charge in [-0.2, -0.15) is 0 Å².